The van der Waals surface area contributed by atoms with Gasteiger partial charge < -0.3 is 10.3 Å². The highest BCUT2D eigenvalue weighted by Crippen LogP contribution is 2.15. The van der Waals surface area contributed by atoms with E-state index in [0.29, 0.717) is 5.16 Å². The molecule has 0 saturated heterocycles. The highest BCUT2D eigenvalue weighted by atomic mass is 32.2. The molecule has 1 atom stereocenters. The highest BCUT2D eigenvalue weighted by Gasteiger charge is 2.11. The number of carbonyl (C=O) groups excluding carboxylic acids is 1. The zero-order valence-electron chi connectivity index (χ0n) is 13.6. The first-order valence-corrected chi connectivity index (χ1v) is 8.74. The minimum atomic E-state index is -0.310. The van der Waals surface area contributed by atoms with Crippen LogP contribution in [0.25, 0.3) is 0 Å². The number of rotatable bonds is 7. The number of benzene rings is 1. The molecule has 2 rings (SSSR count). The number of nitrogens with one attached hydrogen (secondary N) is 2. The summed E-state index contributed by atoms with van der Waals surface area (Å²) in [6.07, 6.45) is 1.63. The van der Waals surface area contributed by atoms with E-state index in [0.717, 1.165) is 24.1 Å². The maximum Gasteiger partial charge on any atom is 0.251 e. The normalized spacial score (nSPS) is 12.0. The van der Waals surface area contributed by atoms with Gasteiger partial charge >= 0.3 is 0 Å². The molecule has 1 aromatic heterocycles. The van der Waals surface area contributed by atoms with Gasteiger partial charge in [0.2, 0.25) is 5.91 Å². The number of aromatic nitrogens is 2. The third-order valence-corrected chi connectivity index (χ3v) is 4.24. The Morgan fingerprint density at radius 3 is 2.75 bits per heavy atom. The van der Waals surface area contributed by atoms with Crippen molar-refractivity contribution in [3.05, 3.63) is 57.8 Å². The SMILES string of the molecule is CCCc1cc(=O)[nH]c(SCC(=O)N[C@@H](C)c2ccc(F)cc2)n1. The molecule has 0 spiro atoms. The standard InChI is InChI=1S/C17H20FN3O2S/c1-3-4-14-9-15(22)21-17(20-14)24-10-16(23)19-11(2)12-5-7-13(18)8-6-12/h5-9,11H,3-4,10H2,1-2H3,(H,19,23)(H,20,21,22)/t11-/m0/s1. The zero-order chi connectivity index (χ0) is 17.5. The number of aryl methyl sites for hydroxylation is 1. The largest absolute Gasteiger partial charge is 0.349 e. The number of aromatic amines is 1. The van der Waals surface area contributed by atoms with E-state index in [4.69, 9.17) is 0 Å². The molecule has 2 N–H and O–H groups in total. The van der Waals surface area contributed by atoms with Crippen molar-refractivity contribution in [2.75, 3.05) is 5.75 Å². The van der Waals surface area contributed by atoms with Crippen LogP contribution in [-0.2, 0) is 11.2 Å². The van der Waals surface area contributed by atoms with Crippen molar-refractivity contribution in [1.82, 2.24) is 15.3 Å². The van der Waals surface area contributed by atoms with Gasteiger partial charge in [0.1, 0.15) is 5.82 Å². The molecule has 0 fully saturated rings. The number of H-pyrrole nitrogens is 1. The summed E-state index contributed by atoms with van der Waals surface area (Å²) in [4.78, 5) is 30.6. The molecular weight excluding hydrogens is 329 g/mol. The van der Waals surface area contributed by atoms with E-state index in [1.165, 1.54) is 30.0 Å². The average molecular weight is 349 g/mol. The fourth-order valence-electron chi connectivity index (χ4n) is 2.19. The smallest absolute Gasteiger partial charge is 0.251 e. The lowest BCUT2D eigenvalue weighted by molar-refractivity contribution is -0.119. The molecule has 1 aromatic carbocycles. The Labute approximate surface area is 144 Å². The Hall–Kier alpha value is -2.15. The third kappa shape index (κ3) is 5.49. The van der Waals surface area contributed by atoms with Crippen LogP contribution in [0.3, 0.4) is 0 Å². The summed E-state index contributed by atoms with van der Waals surface area (Å²) in [5.41, 5.74) is 1.34. The Kier molecular flexibility index (Phi) is 6.54. The molecule has 0 aliphatic rings. The number of hydrogen-bond acceptors (Lipinski definition) is 4. The topological polar surface area (TPSA) is 74.8 Å². The molecule has 2 aromatic rings. The molecule has 1 amide bonds. The first-order valence-electron chi connectivity index (χ1n) is 7.75. The first-order chi connectivity index (χ1) is 11.5. The van der Waals surface area contributed by atoms with Gasteiger partial charge in [0, 0.05) is 11.8 Å². The van der Waals surface area contributed by atoms with E-state index in [1.54, 1.807) is 12.1 Å². The lowest BCUT2D eigenvalue weighted by Crippen LogP contribution is -2.28. The minimum absolute atomic E-state index is 0.143. The molecular formula is C17H20FN3O2S. The van der Waals surface area contributed by atoms with Gasteiger partial charge in [-0.1, -0.05) is 37.2 Å². The molecule has 0 saturated carbocycles. The summed E-state index contributed by atoms with van der Waals surface area (Å²) in [5.74, 6) is -0.348. The van der Waals surface area contributed by atoms with Crippen molar-refractivity contribution in [3.8, 4) is 0 Å². The highest BCUT2D eigenvalue weighted by molar-refractivity contribution is 7.99. The van der Waals surface area contributed by atoms with Crippen molar-refractivity contribution >= 4 is 17.7 Å². The summed E-state index contributed by atoms with van der Waals surface area (Å²) in [6.45, 7) is 3.85. The number of hydrogen-bond donors (Lipinski definition) is 2. The van der Waals surface area contributed by atoms with Gasteiger partial charge in [-0.15, -0.1) is 0 Å². The van der Waals surface area contributed by atoms with Gasteiger partial charge in [0.25, 0.3) is 5.56 Å². The third-order valence-electron chi connectivity index (χ3n) is 3.37. The predicted molar refractivity (Wildman–Crippen MR) is 92.5 cm³/mol. The molecule has 24 heavy (non-hydrogen) atoms. The maximum atomic E-state index is 12.9. The summed E-state index contributed by atoms with van der Waals surface area (Å²) < 4.78 is 12.9. The Bertz CT molecular complexity index is 746. The van der Waals surface area contributed by atoms with Crippen molar-refractivity contribution in [1.29, 1.82) is 0 Å². The lowest BCUT2D eigenvalue weighted by atomic mass is 10.1. The van der Waals surface area contributed by atoms with Crippen LogP contribution >= 0.6 is 11.8 Å². The fraction of sp³-hybridized carbons (Fsp3) is 0.353. The number of carbonyl (C=O) groups is 1. The van der Waals surface area contributed by atoms with E-state index in [1.807, 2.05) is 13.8 Å². The minimum Gasteiger partial charge on any atom is -0.349 e. The molecule has 0 bridgehead atoms. The van der Waals surface area contributed by atoms with Gasteiger partial charge in [-0.05, 0) is 31.0 Å². The molecule has 5 nitrogen and oxygen atoms in total. The molecule has 0 aliphatic carbocycles. The average Bonchev–Trinajstić information content (AvgIpc) is 2.53. The van der Waals surface area contributed by atoms with E-state index in [2.05, 4.69) is 15.3 Å². The van der Waals surface area contributed by atoms with Crippen LogP contribution in [0.5, 0.6) is 0 Å². The summed E-state index contributed by atoms with van der Waals surface area (Å²) in [5, 5.41) is 3.28. The van der Waals surface area contributed by atoms with Crippen LogP contribution in [-0.4, -0.2) is 21.6 Å². The molecule has 1 heterocycles. The van der Waals surface area contributed by atoms with E-state index < -0.39 is 0 Å². The summed E-state index contributed by atoms with van der Waals surface area (Å²) >= 11 is 1.18. The van der Waals surface area contributed by atoms with Crippen LogP contribution in [0.1, 0.15) is 37.6 Å². The Balaban J connectivity index is 1.91. The monoisotopic (exact) mass is 349 g/mol. The lowest BCUT2D eigenvalue weighted by Gasteiger charge is -2.14. The summed E-state index contributed by atoms with van der Waals surface area (Å²) in [6, 6.07) is 7.25. The van der Waals surface area contributed by atoms with Crippen LogP contribution < -0.4 is 10.9 Å². The quantitative estimate of drug-likeness (QED) is 0.595. The molecule has 0 unspecified atom stereocenters. The van der Waals surface area contributed by atoms with Gasteiger partial charge in [-0.2, -0.15) is 0 Å². The van der Waals surface area contributed by atoms with E-state index in [-0.39, 0.29) is 29.1 Å². The second-order valence-electron chi connectivity index (χ2n) is 5.42. The predicted octanol–water partition coefficient (Wildman–Crippen LogP) is 2.83. The molecule has 0 radical (unpaired) electrons. The van der Waals surface area contributed by atoms with Crippen LogP contribution in [0.15, 0.2) is 40.3 Å². The molecule has 0 aliphatic heterocycles. The summed E-state index contributed by atoms with van der Waals surface area (Å²) in [7, 11) is 0. The van der Waals surface area contributed by atoms with Gasteiger partial charge in [0.05, 0.1) is 11.8 Å². The van der Waals surface area contributed by atoms with E-state index in [9.17, 15) is 14.0 Å². The van der Waals surface area contributed by atoms with Gasteiger partial charge in [0.15, 0.2) is 5.16 Å². The van der Waals surface area contributed by atoms with Crippen molar-refractivity contribution < 1.29 is 9.18 Å². The Morgan fingerprint density at radius 1 is 1.38 bits per heavy atom. The number of halogens is 1. The van der Waals surface area contributed by atoms with Crippen LogP contribution in [0.4, 0.5) is 4.39 Å². The number of thioether (sulfide) groups is 1. The zero-order valence-corrected chi connectivity index (χ0v) is 14.5. The van der Waals surface area contributed by atoms with Crippen molar-refractivity contribution in [2.24, 2.45) is 0 Å². The first kappa shape index (κ1) is 18.2. The van der Waals surface area contributed by atoms with Gasteiger partial charge in [-0.25, -0.2) is 9.37 Å². The second-order valence-corrected chi connectivity index (χ2v) is 6.39. The van der Waals surface area contributed by atoms with Crippen LogP contribution in [0, 0.1) is 5.82 Å². The second kappa shape index (κ2) is 8.63. The van der Waals surface area contributed by atoms with Gasteiger partial charge in [-0.3, -0.25) is 9.59 Å². The molecule has 7 heteroatoms. The van der Waals surface area contributed by atoms with Crippen molar-refractivity contribution in [3.63, 3.8) is 0 Å². The Morgan fingerprint density at radius 2 is 2.08 bits per heavy atom. The fourth-order valence-corrected chi connectivity index (χ4v) is 2.89. The molecule has 128 valence electrons. The van der Waals surface area contributed by atoms with Crippen molar-refractivity contribution in [2.45, 2.75) is 37.9 Å². The van der Waals surface area contributed by atoms with E-state index >= 15 is 0 Å². The number of amides is 1. The van der Waals surface area contributed by atoms with Crippen LogP contribution in [0.2, 0.25) is 0 Å². The number of nitrogens with zero attached hydrogens (tertiary/aromatic N) is 1. The maximum absolute atomic E-state index is 12.9.